The third kappa shape index (κ3) is 5.34. The Balaban J connectivity index is 1.49. The molecule has 4 aromatic rings. The molecule has 0 saturated carbocycles. The molecule has 0 fully saturated rings. The highest BCUT2D eigenvalue weighted by Gasteiger charge is 2.01. The molecule has 0 radical (unpaired) electrons. The van der Waals surface area contributed by atoms with E-state index < -0.39 is 5.82 Å². The molecule has 4 rings (SSSR count). The zero-order chi connectivity index (χ0) is 22.3. The van der Waals surface area contributed by atoms with Crippen molar-refractivity contribution in [3.8, 4) is 29.4 Å². The summed E-state index contributed by atoms with van der Waals surface area (Å²) < 4.78 is 33.4. The topological polar surface area (TPSA) is 9.23 Å². The molecular weight excluding hydrogens is 402 g/mol. The summed E-state index contributed by atoms with van der Waals surface area (Å²) in [7, 11) is 0. The van der Waals surface area contributed by atoms with E-state index in [1.165, 1.54) is 18.2 Å². The molecule has 0 aliphatic rings. The maximum atomic E-state index is 14.5. The van der Waals surface area contributed by atoms with Gasteiger partial charge < -0.3 is 4.74 Å². The van der Waals surface area contributed by atoms with Gasteiger partial charge in [0.2, 0.25) is 0 Å². The van der Waals surface area contributed by atoms with E-state index in [1.807, 2.05) is 30.3 Å². The van der Waals surface area contributed by atoms with E-state index in [1.54, 1.807) is 30.3 Å². The van der Waals surface area contributed by atoms with Crippen molar-refractivity contribution in [2.45, 2.75) is 13.3 Å². The van der Waals surface area contributed by atoms with Gasteiger partial charge in [-0.05, 0) is 83.9 Å². The van der Waals surface area contributed by atoms with Gasteiger partial charge in [-0.15, -0.1) is 0 Å². The van der Waals surface area contributed by atoms with E-state index in [0.717, 1.165) is 34.1 Å². The summed E-state index contributed by atoms with van der Waals surface area (Å²) in [4.78, 5) is 0. The molecule has 0 N–H and O–H groups in total. The number of hydrogen-bond donors (Lipinski definition) is 0. The highest BCUT2D eigenvalue weighted by Crippen LogP contribution is 2.17. The number of rotatable bonds is 3. The molecule has 4 aromatic carbocycles. The van der Waals surface area contributed by atoms with E-state index in [9.17, 15) is 8.78 Å². The third-order valence-electron chi connectivity index (χ3n) is 4.79. The normalized spacial score (nSPS) is 10.1. The Hall–Kier alpha value is -4.08. The molecule has 0 saturated heterocycles. The summed E-state index contributed by atoms with van der Waals surface area (Å²) in [6.45, 7) is 2.74. The first-order chi connectivity index (χ1) is 15.6. The minimum atomic E-state index is -0.421. The van der Waals surface area contributed by atoms with Crippen LogP contribution >= 0.6 is 0 Å². The molecule has 0 aliphatic carbocycles. The maximum absolute atomic E-state index is 14.5. The van der Waals surface area contributed by atoms with Crippen molar-refractivity contribution in [2.75, 3.05) is 6.61 Å². The van der Waals surface area contributed by atoms with Gasteiger partial charge in [0, 0.05) is 16.7 Å². The summed E-state index contributed by atoms with van der Waals surface area (Å²) in [5, 5.41) is 1.68. The van der Waals surface area contributed by atoms with Crippen molar-refractivity contribution in [3.05, 3.63) is 113 Å². The molecule has 0 aliphatic heterocycles. The van der Waals surface area contributed by atoms with E-state index in [4.69, 9.17) is 4.74 Å². The van der Waals surface area contributed by atoms with Gasteiger partial charge in [0.05, 0.1) is 12.2 Å². The Bertz CT molecular complexity index is 1380. The molecule has 0 atom stereocenters. The fraction of sp³-hybridized carbons (Fsp3) is 0.103. The highest BCUT2D eigenvalue weighted by molar-refractivity contribution is 5.84. The van der Waals surface area contributed by atoms with Crippen molar-refractivity contribution in [3.63, 3.8) is 0 Å². The summed E-state index contributed by atoms with van der Waals surface area (Å²) in [5.74, 6) is 12.0. The van der Waals surface area contributed by atoms with Crippen molar-refractivity contribution >= 4 is 10.8 Å². The number of fused-ring (bicyclic) bond motifs is 1. The maximum Gasteiger partial charge on any atom is 0.140 e. The third-order valence-corrected chi connectivity index (χ3v) is 4.79. The Morgan fingerprint density at radius 2 is 1.28 bits per heavy atom. The van der Waals surface area contributed by atoms with Crippen LogP contribution < -0.4 is 4.74 Å². The molecule has 1 nitrogen and oxygen atoms in total. The monoisotopic (exact) mass is 422 g/mol. The Morgan fingerprint density at radius 1 is 0.656 bits per heavy atom. The summed E-state index contributed by atoms with van der Waals surface area (Å²) >= 11 is 0. The van der Waals surface area contributed by atoms with Gasteiger partial charge in [0.15, 0.2) is 0 Å². The first-order valence-corrected chi connectivity index (χ1v) is 10.4. The molecule has 0 heterocycles. The van der Waals surface area contributed by atoms with Gasteiger partial charge in [-0.2, -0.15) is 0 Å². The Kier molecular flexibility index (Phi) is 6.49. The molecule has 0 spiro atoms. The summed E-state index contributed by atoms with van der Waals surface area (Å²) in [5.41, 5.74) is 2.44. The SMILES string of the molecule is CCCOc1ccc(C#Cc2ccc(C#Cc3ccc4cc(F)ccc4c3)c(F)c2)cc1. The molecule has 0 aromatic heterocycles. The van der Waals surface area contributed by atoms with Gasteiger partial charge >= 0.3 is 0 Å². The van der Waals surface area contributed by atoms with Crippen molar-refractivity contribution in [1.82, 2.24) is 0 Å². The van der Waals surface area contributed by atoms with Crippen molar-refractivity contribution < 1.29 is 13.5 Å². The fourth-order valence-corrected chi connectivity index (χ4v) is 3.13. The van der Waals surface area contributed by atoms with Crippen LogP contribution in [-0.2, 0) is 0 Å². The van der Waals surface area contributed by atoms with Crippen LogP contribution in [0.4, 0.5) is 8.78 Å². The van der Waals surface area contributed by atoms with Crippen molar-refractivity contribution in [2.24, 2.45) is 0 Å². The lowest BCUT2D eigenvalue weighted by atomic mass is 10.1. The highest BCUT2D eigenvalue weighted by atomic mass is 19.1. The van der Waals surface area contributed by atoms with Crippen LogP contribution in [0.15, 0.2) is 78.9 Å². The molecule has 0 amide bonds. The standard InChI is InChI=1S/C29H20F2O/c1-2-17-32-28-15-8-21(9-16-28)3-4-23-6-11-24(29(31)19-23)10-5-22-7-12-26-20-27(30)14-13-25(26)18-22/h6-9,11-16,18-20H,2,17H2,1H3. The Morgan fingerprint density at radius 3 is 2.06 bits per heavy atom. The first-order valence-electron chi connectivity index (χ1n) is 10.4. The summed E-state index contributed by atoms with van der Waals surface area (Å²) in [6, 6.07) is 22.3. The molecule has 32 heavy (non-hydrogen) atoms. The fourth-order valence-electron chi connectivity index (χ4n) is 3.13. The van der Waals surface area contributed by atoms with E-state index in [-0.39, 0.29) is 5.82 Å². The van der Waals surface area contributed by atoms with Gasteiger partial charge in [-0.1, -0.05) is 42.7 Å². The van der Waals surface area contributed by atoms with Crippen molar-refractivity contribution in [1.29, 1.82) is 0 Å². The Labute approximate surface area is 186 Å². The zero-order valence-corrected chi connectivity index (χ0v) is 17.6. The van der Waals surface area contributed by atoms with Crippen LogP contribution in [0.5, 0.6) is 5.75 Å². The predicted octanol–water partition coefficient (Wildman–Crippen LogP) is 6.71. The van der Waals surface area contributed by atoms with Gasteiger partial charge in [0.25, 0.3) is 0 Å². The molecule has 156 valence electrons. The zero-order valence-electron chi connectivity index (χ0n) is 17.6. The second-order valence-electron chi connectivity index (χ2n) is 7.27. The van der Waals surface area contributed by atoms with E-state index in [2.05, 4.69) is 30.6 Å². The average molecular weight is 422 g/mol. The first kappa shape index (κ1) is 21.2. The van der Waals surface area contributed by atoms with Crippen LogP contribution in [0.2, 0.25) is 0 Å². The largest absolute Gasteiger partial charge is 0.494 e. The summed E-state index contributed by atoms with van der Waals surface area (Å²) in [6.07, 6.45) is 0.955. The second-order valence-corrected chi connectivity index (χ2v) is 7.27. The van der Waals surface area contributed by atoms with Crippen LogP contribution in [0.25, 0.3) is 10.8 Å². The van der Waals surface area contributed by atoms with E-state index in [0.29, 0.717) is 17.7 Å². The van der Waals surface area contributed by atoms with E-state index >= 15 is 0 Å². The number of hydrogen-bond acceptors (Lipinski definition) is 1. The predicted molar refractivity (Wildman–Crippen MR) is 124 cm³/mol. The molecule has 0 bridgehead atoms. The van der Waals surface area contributed by atoms with Gasteiger partial charge in [-0.25, -0.2) is 8.78 Å². The second kappa shape index (κ2) is 9.82. The number of halogens is 2. The quantitative estimate of drug-likeness (QED) is 0.334. The van der Waals surface area contributed by atoms with Gasteiger partial charge in [0.1, 0.15) is 17.4 Å². The molecular formula is C29H20F2O. The van der Waals surface area contributed by atoms with Gasteiger partial charge in [-0.3, -0.25) is 0 Å². The lowest BCUT2D eigenvalue weighted by molar-refractivity contribution is 0.317. The molecule has 0 unspecified atom stereocenters. The minimum Gasteiger partial charge on any atom is -0.494 e. The van der Waals surface area contributed by atoms with Crippen LogP contribution in [0, 0.1) is 35.3 Å². The van der Waals surface area contributed by atoms with Crippen LogP contribution in [0.3, 0.4) is 0 Å². The average Bonchev–Trinajstić information content (AvgIpc) is 2.81. The van der Waals surface area contributed by atoms with Crippen LogP contribution in [-0.4, -0.2) is 6.61 Å². The number of ether oxygens (including phenoxy) is 1. The van der Waals surface area contributed by atoms with Crippen LogP contribution in [0.1, 0.15) is 35.6 Å². The number of benzene rings is 4. The smallest absolute Gasteiger partial charge is 0.140 e. The lowest BCUT2D eigenvalue weighted by Gasteiger charge is -2.03. The molecule has 3 heteroatoms. The lowest BCUT2D eigenvalue weighted by Crippen LogP contribution is -1.94. The minimum absolute atomic E-state index is 0.278.